The fourth-order valence-corrected chi connectivity index (χ4v) is 0.968. The first kappa shape index (κ1) is 10.9. The van der Waals surface area contributed by atoms with Crippen molar-refractivity contribution in [1.29, 1.82) is 0 Å². The number of hydrogen-bond acceptors (Lipinski definition) is 3. The van der Waals surface area contributed by atoms with E-state index in [0.717, 1.165) is 0 Å². The monoisotopic (exact) mass is 206 g/mol. The summed E-state index contributed by atoms with van der Waals surface area (Å²) in [5.74, 6) is -0.427. The van der Waals surface area contributed by atoms with Gasteiger partial charge in [-0.05, 0) is 13.0 Å². The van der Waals surface area contributed by atoms with Crippen LogP contribution >= 0.6 is 0 Å². The van der Waals surface area contributed by atoms with Crippen molar-refractivity contribution < 1.29 is 9.72 Å². The van der Waals surface area contributed by atoms with Crippen molar-refractivity contribution in [2.24, 2.45) is 0 Å². The van der Waals surface area contributed by atoms with Gasteiger partial charge in [-0.25, -0.2) is 0 Å². The SMILES string of the molecule is C=C(C)C(=O)Nc1ccccc1[N+](=O)[O-]. The summed E-state index contributed by atoms with van der Waals surface area (Å²) in [6, 6.07) is 5.95. The fraction of sp³-hybridized carbons (Fsp3) is 0.100. The number of rotatable bonds is 3. The molecule has 0 saturated heterocycles. The highest BCUT2D eigenvalue weighted by atomic mass is 16.6. The normalized spacial score (nSPS) is 9.40. The number of carbonyl (C=O) groups is 1. The molecule has 5 heteroatoms. The molecule has 0 radical (unpaired) electrons. The van der Waals surface area contributed by atoms with Crippen LogP contribution in [0.4, 0.5) is 11.4 Å². The number of carbonyl (C=O) groups excluding carboxylic acids is 1. The Morgan fingerprint density at radius 3 is 2.60 bits per heavy atom. The fourth-order valence-electron chi connectivity index (χ4n) is 0.968. The Morgan fingerprint density at radius 1 is 1.47 bits per heavy atom. The predicted molar refractivity (Wildman–Crippen MR) is 56.5 cm³/mol. The van der Waals surface area contributed by atoms with Gasteiger partial charge < -0.3 is 5.32 Å². The van der Waals surface area contributed by atoms with Gasteiger partial charge in [0.25, 0.3) is 11.6 Å². The summed E-state index contributed by atoms with van der Waals surface area (Å²) >= 11 is 0. The van der Waals surface area contributed by atoms with Crippen LogP contribution in [0.1, 0.15) is 6.92 Å². The van der Waals surface area contributed by atoms with Gasteiger partial charge >= 0.3 is 0 Å². The zero-order valence-electron chi connectivity index (χ0n) is 8.19. The lowest BCUT2D eigenvalue weighted by Crippen LogP contribution is -2.12. The van der Waals surface area contributed by atoms with E-state index in [1.165, 1.54) is 25.1 Å². The van der Waals surface area contributed by atoms with Gasteiger partial charge in [-0.2, -0.15) is 0 Å². The Kier molecular flexibility index (Phi) is 3.17. The molecule has 78 valence electrons. The summed E-state index contributed by atoms with van der Waals surface area (Å²) in [6.07, 6.45) is 0. The van der Waals surface area contributed by atoms with E-state index in [9.17, 15) is 14.9 Å². The third-order valence-electron chi connectivity index (χ3n) is 1.74. The average Bonchev–Trinajstić information content (AvgIpc) is 2.18. The largest absolute Gasteiger partial charge is 0.317 e. The van der Waals surface area contributed by atoms with Crippen molar-refractivity contribution in [2.45, 2.75) is 6.92 Å². The topological polar surface area (TPSA) is 72.2 Å². The van der Waals surface area contributed by atoms with Crippen LogP contribution in [-0.2, 0) is 4.79 Å². The van der Waals surface area contributed by atoms with Crippen LogP contribution in [0.15, 0.2) is 36.4 Å². The number of para-hydroxylation sites is 2. The van der Waals surface area contributed by atoms with Crippen molar-refractivity contribution in [1.82, 2.24) is 0 Å². The van der Waals surface area contributed by atoms with Crippen molar-refractivity contribution >= 4 is 17.3 Å². The van der Waals surface area contributed by atoms with Crippen LogP contribution in [0.2, 0.25) is 0 Å². The Balaban J connectivity index is 2.99. The smallest absolute Gasteiger partial charge is 0.292 e. The molecule has 0 aliphatic heterocycles. The van der Waals surface area contributed by atoms with Crippen molar-refractivity contribution in [3.8, 4) is 0 Å². The molecule has 1 aromatic carbocycles. The number of amides is 1. The maximum absolute atomic E-state index is 11.3. The summed E-state index contributed by atoms with van der Waals surface area (Å²) in [4.78, 5) is 21.3. The number of nitrogens with one attached hydrogen (secondary N) is 1. The summed E-state index contributed by atoms with van der Waals surface area (Å²) in [6.45, 7) is 4.98. The number of nitrogens with zero attached hydrogens (tertiary/aromatic N) is 1. The first-order chi connectivity index (χ1) is 7.02. The van der Waals surface area contributed by atoms with Gasteiger partial charge in [0.05, 0.1) is 4.92 Å². The van der Waals surface area contributed by atoms with Gasteiger partial charge in [-0.1, -0.05) is 18.7 Å². The summed E-state index contributed by atoms with van der Waals surface area (Å²) in [7, 11) is 0. The van der Waals surface area contributed by atoms with Gasteiger partial charge in [0.1, 0.15) is 5.69 Å². The Labute approximate surface area is 86.6 Å². The maximum Gasteiger partial charge on any atom is 0.292 e. The van der Waals surface area contributed by atoms with Gasteiger partial charge in [-0.3, -0.25) is 14.9 Å². The lowest BCUT2D eigenvalue weighted by molar-refractivity contribution is -0.383. The molecule has 0 aliphatic rings. The third-order valence-corrected chi connectivity index (χ3v) is 1.74. The molecular weight excluding hydrogens is 196 g/mol. The summed E-state index contributed by atoms with van der Waals surface area (Å²) in [5.41, 5.74) is 0.343. The number of benzene rings is 1. The van der Waals surface area contributed by atoms with Gasteiger partial charge in [0, 0.05) is 11.6 Å². The average molecular weight is 206 g/mol. The lowest BCUT2D eigenvalue weighted by atomic mass is 10.2. The molecule has 0 heterocycles. The first-order valence-corrected chi connectivity index (χ1v) is 4.22. The zero-order valence-corrected chi connectivity index (χ0v) is 8.19. The zero-order chi connectivity index (χ0) is 11.4. The highest BCUT2D eigenvalue weighted by Gasteiger charge is 2.14. The molecule has 0 fully saturated rings. The first-order valence-electron chi connectivity index (χ1n) is 4.22. The Hall–Kier alpha value is -2.17. The molecular formula is C10H10N2O3. The van der Waals surface area contributed by atoms with E-state index in [0.29, 0.717) is 5.57 Å². The van der Waals surface area contributed by atoms with Crippen LogP contribution in [0.5, 0.6) is 0 Å². The molecule has 1 aromatic rings. The van der Waals surface area contributed by atoms with E-state index in [1.807, 2.05) is 0 Å². The van der Waals surface area contributed by atoms with Crippen molar-refractivity contribution in [3.05, 3.63) is 46.5 Å². The number of anilines is 1. The highest BCUT2D eigenvalue weighted by molar-refractivity contribution is 6.04. The Bertz CT molecular complexity index is 426. The molecule has 1 amide bonds. The van der Waals surface area contributed by atoms with E-state index < -0.39 is 10.8 Å². The minimum atomic E-state index is -0.548. The van der Waals surface area contributed by atoms with Crippen LogP contribution in [0, 0.1) is 10.1 Å². The highest BCUT2D eigenvalue weighted by Crippen LogP contribution is 2.23. The number of nitro benzene ring substituents is 1. The summed E-state index contributed by atoms with van der Waals surface area (Å²) < 4.78 is 0. The maximum atomic E-state index is 11.3. The molecule has 5 nitrogen and oxygen atoms in total. The molecule has 0 atom stereocenters. The lowest BCUT2D eigenvalue weighted by Gasteiger charge is -2.04. The van der Waals surface area contributed by atoms with Gasteiger partial charge in [-0.15, -0.1) is 0 Å². The second-order valence-corrected chi connectivity index (χ2v) is 3.01. The quantitative estimate of drug-likeness (QED) is 0.467. The molecule has 0 spiro atoms. The van der Waals surface area contributed by atoms with Crippen LogP contribution in [-0.4, -0.2) is 10.8 Å². The molecule has 0 aromatic heterocycles. The van der Waals surface area contributed by atoms with E-state index in [1.54, 1.807) is 6.07 Å². The van der Waals surface area contributed by atoms with Crippen LogP contribution < -0.4 is 5.32 Å². The Morgan fingerprint density at radius 2 is 2.07 bits per heavy atom. The molecule has 0 bridgehead atoms. The summed E-state index contributed by atoms with van der Waals surface area (Å²) in [5, 5.41) is 13.0. The van der Waals surface area contributed by atoms with Crippen molar-refractivity contribution in [2.75, 3.05) is 5.32 Å². The van der Waals surface area contributed by atoms with E-state index >= 15 is 0 Å². The standard InChI is InChI=1S/C10H10N2O3/c1-7(2)10(13)11-8-5-3-4-6-9(8)12(14)15/h3-6H,1H2,2H3,(H,11,13). The molecule has 0 unspecified atom stereocenters. The van der Waals surface area contributed by atoms with E-state index in [2.05, 4.69) is 11.9 Å². The third kappa shape index (κ3) is 2.63. The van der Waals surface area contributed by atoms with Crippen molar-refractivity contribution in [3.63, 3.8) is 0 Å². The van der Waals surface area contributed by atoms with Gasteiger partial charge in [0.2, 0.25) is 0 Å². The van der Waals surface area contributed by atoms with Crippen LogP contribution in [0.25, 0.3) is 0 Å². The molecule has 0 aliphatic carbocycles. The molecule has 0 saturated carbocycles. The second-order valence-electron chi connectivity index (χ2n) is 3.01. The van der Waals surface area contributed by atoms with E-state index in [4.69, 9.17) is 0 Å². The second kappa shape index (κ2) is 4.36. The minimum absolute atomic E-state index is 0.132. The molecule has 1 N–H and O–H groups in total. The van der Waals surface area contributed by atoms with E-state index in [-0.39, 0.29) is 11.4 Å². The molecule has 1 rings (SSSR count). The minimum Gasteiger partial charge on any atom is -0.317 e. The molecule has 15 heavy (non-hydrogen) atoms. The van der Waals surface area contributed by atoms with Crippen LogP contribution in [0.3, 0.4) is 0 Å². The number of nitro groups is 1. The number of hydrogen-bond donors (Lipinski definition) is 1. The predicted octanol–water partition coefficient (Wildman–Crippen LogP) is 2.11. The van der Waals surface area contributed by atoms with Gasteiger partial charge in [0.15, 0.2) is 0 Å².